The maximum absolute atomic E-state index is 5.62. The smallest absolute Gasteiger partial charge is 0.193 e. The van der Waals surface area contributed by atoms with Crippen molar-refractivity contribution in [1.29, 1.82) is 0 Å². The molecule has 1 saturated carbocycles. The van der Waals surface area contributed by atoms with Gasteiger partial charge in [-0.05, 0) is 43.2 Å². The van der Waals surface area contributed by atoms with Crippen LogP contribution in [0.5, 0.6) is 0 Å². The molecule has 3 atom stereocenters. The van der Waals surface area contributed by atoms with Crippen molar-refractivity contribution in [3.63, 3.8) is 0 Å². The molecule has 6 nitrogen and oxygen atoms in total. The summed E-state index contributed by atoms with van der Waals surface area (Å²) < 4.78 is 5.62. The highest BCUT2D eigenvalue weighted by Crippen LogP contribution is 2.35. The number of aromatic nitrogens is 1. The first-order valence-corrected chi connectivity index (χ1v) is 10.5. The molecule has 0 spiro atoms. The Balaban J connectivity index is 1.31. The number of ether oxygens (including phenoxy) is 1. The van der Waals surface area contributed by atoms with Crippen molar-refractivity contribution in [3.8, 4) is 0 Å². The number of pyridine rings is 1. The molecule has 1 aliphatic carbocycles. The summed E-state index contributed by atoms with van der Waals surface area (Å²) in [6.45, 7) is 7.82. The minimum Gasteiger partial charge on any atom is -0.375 e. The second kappa shape index (κ2) is 8.46. The van der Waals surface area contributed by atoms with Gasteiger partial charge in [-0.2, -0.15) is 0 Å². The number of morpholine rings is 1. The van der Waals surface area contributed by atoms with Crippen LogP contribution in [0.3, 0.4) is 0 Å². The summed E-state index contributed by atoms with van der Waals surface area (Å²) >= 11 is 0. The lowest BCUT2D eigenvalue weighted by Crippen LogP contribution is -2.41. The zero-order valence-electron chi connectivity index (χ0n) is 16.7. The van der Waals surface area contributed by atoms with Crippen molar-refractivity contribution >= 4 is 11.8 Å². The summed E-state index contributed by atoms with van der Waals surface area (Å²) in [5.41, 5.74) is 1.19. The molecule has 1 aromatic heterocycles. The Kier molecular flexibility index (Phi) is 5.81. The van der Waals surface area contributed by atoms with Gasteiger partial charge in [0.05, 0.1) is 12.7 Å². The van der Waals surface area contributed by atoms with Gasteiger partial charge in [0.25, 0.3) is 0 Å². The molecule has 0 bridgehead atoms. The number of aliphatic imine (C=N–C) groups is 1. The molecule has 3 unspecified atom stereocenters. The van der Waals surface area contributed by atoms with Crippen molar-refractivity contribution in [2.45, 2.75) is 45.3 Å². The van der Waals surface area contributed by atoms with E-state index in [1.54, 1.807) is 0 Å². The average Bonchev–Trinajstić information content (AvgIpc) is 3.13. The maximum atomic E-state index is 5.62. The van der Waals surface area contributed by atoms with Gasteiger partial charge in [-0.1, -0.05) is 18.9 Å². The third-order valence-corrected chi connectivity index (χ3v) is 6.31. The Hall–Kier alpha value is -1.82. The molecule has 148 valence electrons. The van der Waals surface area contributed by atoms with Crippen molar-refractivity contribution in [2.24, 2.45) is 16.8 Å². The van der Waals surface area contributed by atoms with Gasteiger partial charge < -0.3 is 19.9 Å². The van der Waals surface area contributed by atoms with Crippen LogP contribution in [0.15, 0.2) is 23.3 Å². The van der Waals surface area contributed by atoms with Crippen LogP contribution in [-0.4, -0.2) is 61.8 Å². The Morgan fingerprint density at radius 2 is 2.00 bits per heavy atom. The molecule has 6 heteroatoms. The summed E-state index contributed by atoms with van der Waals surface area (Å²) in [4.78, 5) is 14.0. The van der Waals surface area contributed by atoms with Crippen molar-refractivity contribution in [3.05, 3.63) is 23.9 Å². The molecule has 2 aliphatic heterocycles. The zero-order chi connectivity index (χ0) is 18.6. The number of hydrogen-bond donors (Lipinski definition) is 1. The van der Waals surface area contributed by atoms with Gasteiger partial charge in [-0.25, -0.2) is 4.98 Å². The summed E-state index contributed by atoms with van der Waals surface area (Å²) in [6, 6.07) is 4.30. The number of nitrogens with zero attached hydrogens (tertiary/aromatic N) is 4. The lowest BCUT2D eigenvalue weighted by molar-refractivity contribution is 0.0529. The Morgan fingerprint density at radius 1 is 1.22 bits per heavy atom. The minimum atomic E-state index is 0.273. The number of rotatable bonds is 3. The zero-order valence-corrected chi connectivity index (χ0v) is 16.7. The number of likely N-dealkylation sites (tertiary alicyclic amines) is 1. The van der Waals surface area contributed by atoms with Crippen molar-refractivity contribution in [2.75, 3.05) is 44.7 Å². The SMILES string of the molecule is CN=C(NCc1ccc(N2CCOC(C)C2)nc1)N1CC2CCCCC2C1. The third kappa shape index (κ3) is 4.37. The predicted molar refractivity (Wildman–Crippen MR) is 109 cm³/mol. The molecular weight excluding hydrogens is 338 g/mol. The monoisotopic (exact) mass is 371 g/mol. The summed E-state index contributed by atoms with van der Waals surface area (Å²) in [6.07, 6.45) is 7.85. The van der Waals surface area contributed by atoms with Crippen LogP contribution in [0.1, 0.15) is 38.2 Å². The molecule has 2 saturated heterocycles. The number of hydrogen-bond acceptors (Lipinski definition) is 4. The lowest BCUT2D eigenvalue weighted by Gasteiger charge is -2.32. The second-order valence-electron chi connectivity index (χ2n) is 8.26. The standard InChI is InChI=1S/C21H33N5O/c1-16-13-25(9-10-27-16)20-8-7-17(11-23-20)12-24-21(22-2)26-14-18-5-3-4-6-19(18)15-26/h7-8,11,16,18-19H,3-6,9-10,12-15H2,1-2H3,(H,22,24). The molecule has 0 aromatic carbocycles. The van der Waals surface area contributed by atoms with Crippen LogP contribution < -0.4 is 10.2 Å². The maximum Gasteiger partial charge on any atom is 0.193 e. The van der Waals surface area contributed by atoms with E-state index >= 15 is 0 Å². The summed E-state index contributed by atoms with van der Waals surface area (Å²) in [7, 11) is 1.89. The Labute approximate surface area is 163 Å². The molecule has 1 aromatic rings. The van der Waals surface area contributed by atoms with Gasteiger partial charge in [-0.3, -0.25) is 4.99 Å². The quantitative estimate of drug-likeness (QED) is 0.654. The molecule has 0 radical (unpaired) electrons. The first-order valence-electron chi connectivity index (χ1n) is 10.5. The number of anilines is 1. The first kappa shape index (κ1) is 18.5. The summed E-state index contributed by atoms with van der Waals surface area (Å²) in [5.74, 6) is 3.82. The highest BCUT2D eigenvalue weighted by atomic mass is 16.5. The molecular formula is C21H33N5O. The van der Waals surface area contributed by atoms with Gasteiger partial charge in [0.1, 0.15) is 5.82 Å². The molecule has 3 aliphatic rings. The van der Waals surface area contributed by atoms with E-state index in [9.17, 15) is 0 Å². The van der Waals surface area contributed by atoms with E-state index in [0.717, 1.165) is 62.9 Å². The molecule has 3 heterocycles. The van der Waals surface area contributed by atoms with E-state index in [2.05, 4.69) is 44.1 Å². The topological polar surface area (TPSA) is 53.0 Å². The van der Waals surface area contributed by atoms with E-state index in [4.69, 9.17) is 4.74 Å². The van der Waals surface area contributed by atoms with Gasteiger partial charge in [0.15, 0.2) is 5.96 Å². The molecule has 27 heavy (non-hydrogen) atoms. The Morgan fingerprint density at radius 3 is 2.63 bits per heavy atom. The predicted octanol–water partition coefficient (Wildman–Crippen LogP) is 2.50. The highest BCUT2D eigenvalue weighted by molar-refractivity contribution is 5.80. The van der Waals surface area contributed by atoms with Gasteiger partial charge in [-0.15, -0.1) is 0 Å². The summed E-state index contributed by atoms with van der Waals surface area (Å²) in [5, 5.41) is 3.55. The fourth-order valence-corrected chi connectivity index (χ4v) is 4.83. The van der Waals surface area contributed by atoms with Crippen LogP contribution in [-0.2, 0) is 11.3 Å². The lowest BCUT2D eigenvalue weighted by atomic mass is 9.82. The van der Waals surface area contributed by atoms with Crippen LogP contribution in [0.4, 0.5) is 5.82 Å². The molecule has 0 amide bonds. The van der Waals surface area contributed by atoms with Crippen LogP contribution >= 0.6 is 0 Å². The van der Waals surface area contributed by atoms with Crippen molar-refractivity contribution in [1.82, 2.24) is 15.2 Å². The number of nitrogens with one attached hydrogen (secondary N) is 1. The Bertz CT molecular complexity index is 632. The average molecular weight is 372 g/mol. The fourth-order valence-electron chi connectivity index (χ4n) is 4.83. The minimum absolute atomic E-state index is 0.273. The number of guanidine groups is 1. The van der Waals surface area contributed by atoms with E-state index in [1.165, 1.54) is 31.2 Å². The van der Waals surface area contributed by atoms with E-state index in [0.29, 0.717) is 0 Å². The van der Waals surface area contributed by atoms with E-state index in [1.807, 2.05) is 13.2 Å². The molecule has 3 fully saturated rings. The highest BCUT2D eigenvalue weighted by Gasteiger charge is 2.35. The second-order valence-corrected chi connectivity index (χ2v) is 8.26. The normalized spacial score (nSPS) is 29.0. The molecule has 1 N–H and O–H groups in total. The third-order valence-electron chi connectivity index (χ3n) is 6.31. The fraction of sp³-hybridized carbons (Fsp3) is 0.714. The van der Waals surface area contributed by atoms with Gasteiger partial charge >= 0.3 is 0 Å². The van der Waals surface area contributed by atoms with Crippen LogP contribution in [0.2, 0.25) is 0 Å². The van der Waals surface area contributed by atoms with Crippen LogP contribution in [0, 0.1) is 11.8 Å². The largest absolute Gasteiger partial charge is 0.375 e. The van der Waals surface area contributed by atoms with Crippen LogP contribution in [0.25, 0.3) is 0 Å². The van der Waals surface area contributed by atoms with E-state index in [-0.39, 0.29) is 6.10 Å². The number of fused-ring (bicyclic) bond motifs is 1. The first-order chi connectivity index (χ1) is 13.2. The van der Waals surface area contributed by atoms with Crippen molar-refractivity contribution < 1.29 is 4.74 Å². The van der Waals surface area contributed by atoms with Gasteiger partial charge in [0.2, 0.25) is 0 Å². The van der Waals surface area contributed by atoms with Gasteiger partial charge in [0, 0.05) is 46.0 Å². The van der Waals surface area contributed by atoms with E-state index < -0.39 is 0 Å². The molecule has 4 rings (SSSR count).